The Kier molecular flexibility index (Phi) is 8.71. The molecule has 3 heterocycles. The number of nitrogens with one attached hydrogen (secondary N) is 1. The van der Waals surface area contributed by atoms with Crippen LogP contribution in [0.2, 0.25) is 0 Å². The van der Waals surface area contributed by atoms with Gasteiger partial charge in [-0.25, -0.2) is 14.5 Å². The van der Waals surface area contributed by atoms with Crippen molar-refractivity contribution in [1.29, 1.82) is 0 Å². The fourth-order valence-electron chi connectivity index (χ4n) is 3.08. The number of H-pyrrole nitrogens is 1. The summed E-state index contributed by atoms with van der Waals surface area (Å²) in [7, 11) is -3.82. The lowest BCUT2D eigenvalue weighted by atomic mass is 10.1. The van der Waals surface area contributed by atoms with Crippen molar-refractivity contribution in [2.75, 3.05) is 19.8 Å². The quantitative estimate of drug-likeness (QED) is 0.238. The van der Waals surface area contributed by atoms with Gasteiger partial charge >= 0.3 is 7.82 Å². The molecule has 4 unspecified atom stereocenters. The number of hydrogen-bond donors (Lipinski definition) is 3. The maximum atomic E-state index is 12.9. The molecule has 1 saturated heterocycles. The van der Waals surface area contributed by atoms with Crippen LogP contribution in [0.3, 0.4) is 0 Å². The van der Waals surface area contributed by atoms with E-state index in [0.29, 0.717) is 28.6 Å². The highest BCUT2D eigenvalue weighted by Gasteiger charge is 2.45. The molecule has 2 aromatic heterocycles. The summed E-state index contributed by atoms with van der Waals surface area (Å²) in [6.45, 7) is 4.15. The SMILES string of the molecule is CCCCOP(=O)(OCCCC)OCC1OC(n2cnc3c(=S)nc[nH]c32)C(O)C1O. The van der Waals surface area contributed by atoms with E-state index in [1.807, 2.05) is 13.8 Å². The van der Waals surface area contributed by atoms with Crippen LogP contribution < -0.4 is 0 Å². The van der Waals surface area contributed by atoms with E-state index in [9.17, 15) is 14.8 Å². The number of aliphatic hydroxyl groups excluding tert-OH is 2. The van der Waals surface area contributed by atoms with Gasteiger partial charge in [-0.3, -0.25) is 18.1 Å². The van der Waals surface area contributed by atoms with Gasteiger partial charge < -0.3 is 19.9 Å². The Labute approximate surface area is 185 Å². The molecule has 4 atom stereocenters. The largest absolute Gasteiger partial charge is 0.474 e. The molecule has 3 rings (SSSR count). The fourth-order valence-corrected chi connectivity index (χ4v) is 4.54. The first kappa shape index (κ1) is 24.4. The van der Waals surface area contributed by atoms with Crippen molar-refractivity contribution in [3.63, 3.8) is 0 Å². The number of imidazole rings is 1. The smallest absolute Gasteiger partial charge is 0.387 e. The van der Waals surface area contributed by atoms with Crippen LogP contribution in [0.4, 0.5) is 0 Å². The van der Waals surface area contributed by atoms with Crippen LogP contribution in [0.5, 0.6) is 0 Å². The van der Waals surface area contributed by atoms with Crippen molar-refractivity contribution >= 4 is 31.2 Å². The number of hydrogen-bond acceptors (Lipinski definition) is 10. The number of aliphatic hydroxyl groups is 2. The second kappa shape index (κ2) is 11.1. The molecule has 1 aliphatic rings. The lowest BCUT2D eigenvalue weighted by Gasteiger charge is -2.21. The Hall–Kier alpha value is -1.24. The third kappa shape index (κ3) is 5.77. The van der Waals surface area contributed by atoms with Crippen LogP contribution >= 0.6 is 20.0 Å². The van der Waals surface area contributed by atoms with Crippen molar-refractivity contribution in [2.45, 2.75) is 64.1 Å². The predicted octanol–water partition coefficient (Wildman–Crippen LogP) is 2.87. The van der Waals surface area contributed by atoms with E-state index < -0.39 is 32.4 Å². The molecule has 1 aliphatic heterocycles. The molecule has 0 aromatic carbocycles. The summed E-state index contributed by atoms with van der Waals surface area (Å²) in [5.74, 6) is 0. The number of aromatic amines is 1. The van der Waals surface area contributed by atoms with Gasteiger partial charge in [0.15, 0.2) is 10.9 Å². The number of rotatable bonds is 12. The number of phosphoric ester groups is 1. The van der Waals surface area contributed by atoms with E-state index in [0.717, 1.165) is 12.8 Å². The van der Waals surface area contributed by atoms with E-state index in [2.05, 4.69) is 15.0 Å². The molecule has 0 aliphatic carbocycles. The molecular formula is C18H29N4O7PS. The van der Waals surface area contributed by atoms with Crippen LogP contribution in [0.15, 0.2) is 12.7 Å². The van der Waals surface area contributed by atoms with Gasteiger partial charge in [-0.1, -0.05) is 38.9 Å². The van der Waals surface area contributed by atoms with E-state index in [4.69, 9.17) is 30.5 Å². The first-order valence-electron chi connectivity index (χ1n) is 10.4. The molecule has 0 amide bonds. The minimum absolute atomic E-state index is 0.230. The van der Waals surface area contributed by atoms with Gasteiger partial charge in [0.2, 0.25) is 0 Å². The monoisotopic (exact) mass is 476 g/mol. The van der Waals surface area contributed by atoms with Crippen LogP contribution in [-0.2, 0) is 22.9 Å². The molecule has 2 aromatic rings. The highest BCUT2D eigenvalue weighted by molar-refractivity contribution is 7.71. The van der Waals surface area contributed by atoms with Gasteiger partial charge in [0.1, 0.15) is 29.5 Å². The molecule has 0 spiro atoms. The number of phosphoric acid groups is 1. The van der Waals surface area contributed by atoms with Gasteiger partial charge in [-0.05, 0) is 12.8 Å². The molecule has 13 heteroatoms. The minimum atomic E-state index is -3.82. The average molecular weight is 476 g/mol. The summed E-state index contributed by atoms with van der Waals surface area (Å²) in [4.78, 5) is 11.1. The molecular weight excluding hydrogens is 447 g/mol. The number of unbranched alkanes of at least 4 members (excludes halogenated alkanes) is 2. The predicted molar refractivity (Wildman–Crippen MR) is 114 cm³/mol. The number of fused-ring (bicyclic) bond motifs is 1. The van der Waals surface area contributed by atoms with Gasteiger partial charge in [0.25, 0.3) is 0 Å². The molecule has 174 valence electrons. The van der Waals surface area contributed by atoms with Crippen molar-refractivity contribution in [2.24, 2.45) is 0 Å². The summed E-state index contributed by atoms with van der Waals surface area (Å²) in [6, 6.07) is 0. The Morgan fingerprint density at radius 3 is 2.48 bits per heavy atom. The number of aromatic nitrogens is 4. The summed E-state index contributed by atoms with van der Waals surface area (Å²) in [5.41, 5.74) is 0.940. The van der Waals surface area contributed by atoms with Crippen molar-refractivity contribution in [3.8, 4) is 0 Å². The number of ether oxygens (including phenoxy) is 1. The third-order valence-electron chi connectivity index (χ3n) is 4.88. The standard InChI is InChI=1S/C18H29N4O7PS/c1-3-5-7-26-30(25,27-8-6-4-2)28-9-12-14(23)15(24)18(29-12)22-11-21-13-16(22)19-10-20-17(13)31/h10-12,14-15,18,23-24H,3-9H2,1-2H3,(H,19,20,31). The maximum absolute atomic E-state index is 12.9. The topological polar surface area (TPSA) is 141 Å². The highest BCUT2D eigenvalue weighted by atomic mass is 32.1. The van der Waals surface area contributed by atoms with E-state index in [1.165, 1.54) is 17.2 Å². The van der Waals surface area contributed by atoms with Crippen molar-refractivity contribution in [1.82, 2.24) is 19.5 Å². The van der Waals surface area contributed by atoms with Crippen LogP contribution in [0.1, 0.15) is 45.8 Å². The summed E-state index contributed by atoms with van der Waals surface area (Å²) in [6.07, 6.45) is 1.52. The van der Waals surface area contributed by atoms with Crippen LogP contribution in [0.25, 0.3) is 11.2 Å². The number of nitrogens with zero attached hydrogens (tertiary/aromatic N) is 3. The third-order valence-corrected chi connectivity index (χ3v) is 6.64. The average Bonchev–Trinajstić information content (AvgIpc) is 3.30. The first-order valence-corrected chi connectivity index (χ1v) is 12.2. The van der Waals surface area contributed by atoms with Crippen LogP contribution in [-0.4, -0.2) is 67.9 Å². The highest BCUT2D eigenvalue weighted by Crippen LogP contribution is 2.50. The molecule has 3 N–H and O–H groups in total. The second-order valence-electron chi connectivity index (χ2n) is 7.22. The van der Waals surface area contributed by atoms with Crippen molar-refractivity contribution < 1.29 is 33.1 Å². The zero-order valence-corrected chi connectivity index (χ0v) is 19.3. The van der Waals surface area contributed by atoms with Crippen LogP contribution in [0, 0.1) is 4.64 Å². The Morgan fingerprint density at radius 2 is 1.84 bits per heavy atom. The molecule has 0 radical (unpaired) electrons. The lowest BCUT2D eigenvalue weighted by Crippen LogP contribution is -2.33. The van der Waals surface area contributed by atoms with E-state index in [1.54, 1.807) is 0 Å². The second-order valence-corrected chi connectivity index (χ2v) is 9.28. The zero-order valence-electron chi connectivity index (χ0n) is 17.5. The molecule has 11 nitrogen and oxygen atoms in total. The normalized spacial score (nSPS) is 24.3. The van der Waals surface area contributed by atoms with E-state index in [-0.39, 0.29) is 19.8 Å². The molecule has 31 heavy (non-hydrogen) atoms. The zero-order chi connectivity index (χ0) is 22.4. The molecule has 0 saturated carbocycles. The Morgan fingerprint density at radius 1 is 1.16 bits per heavy atom. The minimum Gasteiger partial charge on any atom is -0.387 e. The Balaban J connectivity index is 1.69. The van der Waals surface area contributed by atoms with Gasteiger partial charge in [-0.15, -0.1) is 0 Å². The fraction of sp³-hybridized carbons (Fsp3) is 0.722. The van der Waals surface area contributed by atoms with Crippen molar-refractivity contribution in [3.05, 3.63) is 17.3 Å². The lowest BCUT2D eigenvalue weighted by molar-refractivity contribution is -0.0527. The Bertz CT molecular complexity index is 940. The maximum Gasteiger partial charge on any atom is 0.474 e. The molecule has 0 bridgehead atoms. The van der Waals surface area contributed by atoms with Gasteiger partial charge in [0.05, 0.1) is 32.5 Å². The van der Waals surface area contributed by atoms with E-state index >= 15 is 0 Å². The van der Waals surface area contributed by atoms with Gasteiger partial charge in [0, 0.05) is 0 Å². The first-order chi connectivity index (χ1) is 14.9. The summed E-state index contributed by atoms with van der Waals surface area (Å²) >= 11 is 5.15. The summed E-state index contributed by atoms with van der Waals surface area (Å²) in [5, 5.41) is 21.0. The molecule has 1 fully saturated rings. The van der Waals surface area contributed by atoms with Gasteiger partial charge in [-0.2, -0.15) is 0 Å². The summed E-state index contributed by atoms with van der Waals surface area (Å²) < 4.78 is 36.8.